The van der Waals surface area contributed by atoms with Gasteiger partial charge in [0.15, 0.2) is 28.3 Å². The largest absolute Gasteiger partial charge is 0.504 e. The van der Waals surface area contributed by atoms with E-state index >= 15 is 0 Å². The van der Waals surface area contributed by atoms with Gasteiger partial charge in [0.25, 0.3) is 0 Å². The SMILES string of the molecule is O=c1cc(-c2ccc(O)c(O)c2)oc2c(O[C@@H]3OC[C@H](O)[C@H](O)[C@H]3O)c(O)c(O[C@@H]3O[C@H](CO)[C@@H](O)[C@H](O)[C@H]3O)c(O)c12. The summed E-state index contributed by atoms with van der Waals surface area (Å²) in [6.45, 7) is -1.37. The van der Waals surface area contributed by atoms with E-state index in [-0.39, 0.29) is 11.3 Å². The molecule has 3 aromatic rings. The predicted molar refractivity (Wildman–Crippen MR) is 137 cm³/mol. The van der Waals surface area contributed by atoms with Crippen LogP contribution in [0.1, 0.15) is 0 Å². The van der Waals surface area contributed by atoms with Crippen molar-refractivity contribution in [1.29, 1.82) is 0 Å². The maximum absolute atomic E-state index is 13.3. The highest BCUT2D eigenvalue weighted by Crippen LogP contribution is 2.51. The molecule has 17 heteroatoms. The Morgan fingerprint density at radius 2 is 1.44 bits per heavy atom. The lowest BCUT2D eigenvalue weighted by Gasteiger charge is -2.39. The second-order valence-corrected chi connectivity index (χ2v) is 9.92. The molecule has 5 rings (SSSR count). The van der Waals surface area contributed by atoms with Crippen LogP contribution in [-0.4, -0.2) is 125 Å². The first-order chi connectivity index (χ1) is 20.3. The molecule has 0 radical (unpaired) electrons. The highest BCUT2D eigenvalue weighted by Gasteiger charge is 2.46. The van der Waals surface area contributed by atoms with Gasteiger partial charge in [-0.25, -0.2) is 0 Å². The molecule has 2 aliphatic heterocycles. The highest BCUT2D eigenvalue weighted by atomic mass is 16.7. The van der Waals surface area contributed by atoms with Crippen LogP contribution in [0.25, 0.3) is 22.3 Å². The number of aliphatic hydroxyl groups excluding tert-OH is 7. The average molecular weight is 612 g/mol. The summed E-state index contributed by atoms with van der Waals surface area (Å²) >= 11 is 0. The van der Waals surface area contributed by atoms with Crippen molar-refractivity contribution in [2.24, 2.45) is 0 Å². The Kier molecular flexibility index (Phi) is 8.27. The molecule has 43 heavy (non-hydrogen) atoms. The van der Waals surface area contributed by atoms with E-state index in [2.05, 4.69) is 0 Å². The second-order valence-electron chi connectivity index (χ2n) is 9.92. The van der Waals surface area contributed by atoms with Gasteiger partial charge in [-0.15, -0.1) is 0 Å². The smallest absolute Gasteiger partial charge is 0.229 e. The lowest BCUT2D eigenvalue weighted by Crippen LogP contribution is -2.60. The first-order valence-corrected chi connectivity index (χ1v) is 12.7. The number of fused-ring (bicyclic) bond motifs is 1. The minimum Gasteiger partial charge on any atom is -0.504 e. The van der Waals surface area contributed by atoms with Crippen molar-refractivity contribution in [2.75, 3.05) is 13.2 Å². The van der Waals surface area contributed by atoms with Crippen molar-refractivity contribution in [3.8, 4) is 45.8 Å². The van der Waals surface area contributed by atoms with Gasteiger partial charge in [0.05, 0.1) is 13.2 Å². The molecule has 2 saturated heterocycles. The number of rotatable bonds is 6. The molecule has 234 valence electrons. The molecule has 2 fully saturated rings. The van der Waals surface area contributed by atoms with E-state index in [1.807, 2.05) is 0 Å². The molecule has 17 nitrogen and oxygen atoms in total. The molecule has 0 spiro atoms. The number of aliphatic hydroxyl groups is 7. The molecular formula is C26H28O17. The van der Waals surface area contributed by atoms with Crippen LogP contribution in [0, 0.1) is 0 Å². The molecule has 11 N–H and O–H groups in total. The summed E-state index contributed by atoms with van der Waals surface area (Å²) in [5, 5.41) is 111. The summed E-state index contributed by atoms with van der Waals surface area (Å²) < 4.78 is 27.2. The summed E-state index contributed by atoms with van der Waals surface area (Å²) in [6, 6.07) is 4.28. The number of hydrogen-bond donors (Lipinski definition) is 11. The van der Waals surface area contributed by atoms with E-state index in [4.69, 9.17) is 23.4 Å². The topological polar surface area (TPSA) is 290 Å². The van der Waals surface area contributed by atoms with Crippen molar-refractivity contribution in [2.45, 2.75) is 55.3 Å². The number of hydrogen-bond acceptors (Lipinski definition) is 17. The first kappa shape index (κ1) is 30.5. The fourth-order valence-electron chi connectivity index (χ4n) is 4.63. The fourth-order valence-corrected chi connectivity index (χ4v) is 4.63. The van der Waals surface area contributed by atoms with Gasteiger partial charge >= 0.3 is 0 Å². The summed E-state index contributed by atoms with van der Waals surface area (Å²) in [5.41, 5.74) is -1.60. The molecule has 9 atom stereocenters. The van der Waals surface area contributed by atoms with Crippen LogP contribution in [0.5, 0.6) is 34.5 Å². The molecular weight excluding hydrogens is 584 g/mol. The Morgan fingerprint density at radius 3 is 2.12 bits per heavy atom. The van der Waals surface area contributed by atoms with Gasteiger partial charge in [0.1, 0.15) is 53.9 Å². The Labute approximate surface area is 239 Å². The number of ether oxygens (including phenoxy) is 4. The first-order valence-electron chi connectivity index (χ1n) is 12.7. The summed E-state index contributed by atoms with van der Waals surface area (Å²) in [6.07, 6.45) is -16.1. The van der Waals surface area contributed by atoms with Gasteiger partial charge in [-0.1, -0.05) is 0 Å². The third-order valence-electron chi connectivity index (χ3n) is 7.07. The number of benzene rings is 2. The normalized spacial score (nSPS) is 31.2. The molecule has 2 aromatic carbocycles. The Morgan fingerprint density at radius 1 is 0.767 bits per heavy atom. The summed E-state index contributed by atoms with van der Waals surface area (Å²) in [5.74, 6) is -5.32. The summed E-state index contributed by atoms with van der Waals surface area (Å²) in [4.78, 5) is 13.3. The number of phenolic OH excluding ortho intramolecular Hbond substituents is 4. The van der Waals surface area contributed by atoms with Gasteiger partial charge in [0, 0.05) is 11.6 Å². The molecule has 2 aliphatic rings. The zero-order chi connectivity index (χ0) is 31.3. The molecule has 0 amide bonds. The van der Waals surface area contributed by atoms with Crippen molar-refractivity contribution < 1.29 is 79.5 Å². The minimum atomic E-state index is -2.00. The van der Waals surface area contributed by atoms with E-state index in [1.54, 1.807) is 0 Å². The Balaban J connectivity index is 1.67. The van der Waals surface area contributed by atoms with Crippen LogP contribution in [0.4, 0.5) is 0 Å². The van der Waals surface area contributed by atoms with Crippen LogP contribution in [-0.2, 0) is 9.47 Å². The van der Waals surface area contributed by atoms with E-state index in [1.165, 1.54) is 6.07 Å². The van der Waals surface area contributed by atoms with Gasteiger partial charge in [-0.05, 0) is 18.2 Å². The molecule has 1 aromatic heterocycles. The number of phenols is 4. The van der Waals surface area contributed by atoms with Gasteiger partial charge in [-0.2, -0.15) is 0 Å². The van der Waals surface area contributed by atoms with E-state index in [0.29, 0.717) is 0 Å². The third kappa shape index (κ3) is 5.37. The summed E-state index contributed by atoms with van der Waals surface area (Å²) in [7, 11) is 0. The predicted octanol–water partition coefficient (Wildman–Crippen LogP) is -2.72. The molecule has 0 aliphatic carbocycles. The van der Waals surface area contributed by atoms with Crippen LogP contribution in [0.3, 0.4) is 0 Å². The van der Waals surface area contributed by atoms with Crippen LogP contribution < -0.4 is 14.9 Å². The van der Waals surface area contributed by atoms with Gasteiger partial charge in [-0.3, -0.25) is 4.79 Å². The maximum Gasteiger partial charge on any atom is 0.229 e. The zero-order valence-electron chi connectivity index (χ0n) is 21.8. The standard InChI is InChI=1S/C26H28O17/c27-5-13-16(33)18(35)20(37)26(41-13)42-23-17(34)14-10(30)4-12(7-1-2-8(28)9(29)3-7)40-22(14)24(21(23)38)43-25-19(36)15(32)11(31)6-39-25/h1-4,11,13,15-16,18-20,25-29,31-38H,5-6H2/t11-,13+,15-,16+,18-,19+,20+,25-,26-/m0/s1. The van der Waals surface area contributed by atoms with Gasteiger partial charge in [0.2, 0.25) is 29.8 Å². The van der Waals surface area contributed by atoms with Crippen molar-refractivity contribution >= 4 is 11.0 Å². The van der Waals surface area contributed by atoms with E-state index in [9.17, 15) is 61.0 Å². The van der Waals surface area contributed by atoms with Crippen molar-refractivity contribution in [3.05, 3.63) is 34.5 Å². The van der Waals surface area contributed by atoms with Gasteiger partial charge < -0.3 is 79.5 Å². The zero-order valence-corrected chi connectivity index (χ0v) is 21.8. The van der Waals surface area contributed by atoms with Crippen molar-refractivity contribution in [1.82, 2.24) is 0 Å². The van der Waals surface area contributed by atoms with Crippen LogP contribution in [0.2, 0.25) is 0 Å². The lowest BCUT2D eigenvalue weighted by atomic mass is 9.99. The average Bonchev–Trinajstić information content (AvgIpc) is 2.98. The molecule has 0 bridgehead atoms. The minimum absolute atomic E-state index is 0.0494. The quantitative estimate of drug-likeness (QED) is 0.126. The molecule has 0 unspecified atom stereocenters. The molecule has 3 heterocycles. The Bertz CT molecular complexity index is 1550. The fraction of sp³-hybridized carbons (Fsp3) is 0.423. The van der Waals surface area contributed by atoms with Crippen LogP contribution in [0.15, 0.2) is 33.5 Å². The second kappa shape index (κ2) is 11.6. The van der Waals surface area contributed by atoms with E-state index in [0.717, 1.165) is 18.2 Å². The number of aromatic hydroxyl groups is 4. The third-order valence-corrected chi connectivity index (χ3v) is 7.07. The molecule has 0 saturated carbocycles. The monoisotopic (exact) mass is 612 g/mol. The Hall–Kier alpha value is -3.91. The maximum atomic E-state index is 13.3. The van der Waals surface area contributed by atoms with Crippen molar-refractivity contribution in [3.63, 3.8) is 0 Å². The lowest BCUT2D eigenvalue weighted by molar-refractivity contribution is -0.277. The van der Waals surface area contributed by atoms with Crippen LogP contribution >= 0.6 is 0 Å². The van der Waals surface area contributed by atoms with E-state index < -0.39 is 119 Å². The highest BCUT2D eigenvalue weighted by molar-refractivity contribution is 5.95.